The largest absolute Gasteiger partial charge is 0.445 e. The Morgan fingerprint density at radius 3 is 2.30 bits per heavy atom. The van der Waals surface area contributed by atoms with Crippen molar-refractivity contribution in [2.45, 2.75) is 20.8 Å². The highest BCUT2D eigenvalue weighted by atomic mass is 16.4. The molecule has 1 aromatic carbocycles. The number of benzene rings is 1. The zero-order chi connectivity index (χ0) is 14.7. The van der Waals surface area contributed by atoms with Crippen LogP contribution in [0.3, 0.4) is 0 Å². The summed E-state index contributed by atoms with van der Waals surface area (Å²) >= 11 is 0. The molecule has 104 valence electrons. The molecule has 0 aliphatic carbocycles. The Hall–Kier alpha value is -2.56. The number of hydrogen-bond donors (Lipinski definition) is 1. The van der Waals surface area contributed by atoms with Crippen LogP contribution < -0.4 is 10.2 Å². The third-order valence-electron chi connectivity index (χ3n) is 2.92. The summed E-state index contributed by atoms with van der Waals surface area (Å²) in [6, 6.07) is 10.1. The Labute approximate surface area is 117 Å². The van der Waals surface area contributed by atoms with Gasteiger partial charge in [-0.25, -0.2) is 9.69 Å². The van der Waals surface area contributed by atoms with Crippen LogP contribution in [0.25, 0.3) is 0 Å². The van der Waals surface area contributed by atoms with Crippen LogP contribution in [-0.4, -0.2) is 11.9 Å². The minimum atomic E-state index is -0.544. The van der Waals surface area contributed by atoms with Gasteiger partial charge in [0.1, 0.15) is 5.76 Å². The number of carbonyl (C=O) groups is 2. The van der Waals surface area contributed by atoms with Crippen LogP contribution in [0.1, 0.15) is 18.2 Å². The predicted molar refractivity (Wildman–Crippen MR) is 76.8 cm³/mol. The summed E-state index contributed by atoms with van der Waals surface area (Å²) in [5.74, 6) is 0.492. The van der Waals surface area contributed by atoms with Gasteiger partial charge in [-0.2, -0.15) is 0 Å². The highest BCUT2D eigenvalue weighted by Gasteiger charge is 2.24. The summed E-state index contributed by atoms with van der Waals surface area (Å²) in [5.41, 5.74) is 1.50. The first-order chi connectivity index (χ1) is 9.49. The van der Waals surface area contributed by atoms with E-state index in [0.717, 1.165) is 10.5 Å². The fraction of sp³-hybridized carbons (Fsp3) is 0.200. The number of imide groups is 1. The van der Waals surface area contributed by atoms with E-state index in [9.17, 15) is 9.59 Å². The van der Waals surface area contributed by atoms with Crippen LogP contribution in [0.2, 0.25) is 0 Å². The number of furan rings is 1. The zero-order valence-electron chi connectivity index (χ0n) is 11.6. The van der Waals surface area contributed by atoms with Gasteiger partial charge in [-0.15, -0.1) is 0 Å². The van der Waals surface area contributed by atoms with Gasteiger partial charge in [0, 0.05) is 18.7 Å². The molecule has 1 aromatic heterocycles. The fourth-order valence-corrected chi connectivity index (χ4v) is 1.76. The molecule has 2 aromatic rings. The Kier molecular flexibility index (Phi) is 3.89. The molecule has 5 nitrogen and oxygen atoms in total. The maximum atomic E-state index is 12.2. The maximum Gasteiger partial charge on any atom is 0.335 e. The highest BCUT2D eigenvalue weighted by molar-refractivity contribution is 6.17. The van der Waals surface area contributed by atoms with Crippen molar-refractivity contribution in [2.75, 3.05) is 10.2 Å². The first-order valence-corrected chi connectivity index (χ1v) is 6.23. The Morgan fingerprint density at radius 1 is 1.15 bits per heavy atom. The summed E-state index contributed by atoms with van der Waals surface area (Å²) in [7, 11) is 0. The van der Waals surface area contributed by atoms with Gasteiger partial charge < -0.3 is 9.73 Å². The van der Waals surface area contributed by atoms with Crippen molar-refractivity contribution in [3.63, 3.8) is 0 Å². The van der Waals surface area contributed by atoms with E-state index in [0.29, 0.717) is 11.4 Å². The Morgan fingerprint density at radius 2 is 1.80 bits per heavy atom. The fourth-order valence-electron chi connectivity index (χ4n) is 1.76. The quantitative estimate of drug-likeness (QED) is 0.910. The average molecular weight is 272 g/mol. The van der Waals surface area contributed by atoms with E-state index in [1.165, 1.54) is 6.92 Å². The molecule has 0 unspecified atom stereocenters. The minimum absolute atomic E-state index is 0.223. The lowest BCUT2D eigenvalue weighted by Gasteiger charge is -2.16. The van der Waals surface area contributed by atoms with E-state index in [1.807, 2.05) is 13.0 Å². The molecule has 1 N–H and O–H groups in total. The number of carbonyl (C=O) groups excluding carboxylic acids is 2. The second-order valence-electron chi connectivity index (χ2n) is 4.47. The zero-order valence-corrected chi connectivity index (χ0v) is 11.6. The van der Waals surface area contributed by atoms with Gasteiger partial charge in [0.05, 0.1) is 0 Å². The number of anilines is 2. The van der Waals surface area contributed by atoms with Crippen LogP contribution in [0.15, 0.2) is 40.8 Å². The molecule has 2 rings (SSSR count). The molecule has 0 saturated carbocycles. The summed E-state index contributed by atoms with van der Waals surface area (Å²) in [6.45, 7) is 4.96. The van der Waals surface area contributed by atoms with Crippen LogP contribution in [-0.2, 0) is 4.79 Å². The average Bonchev–Trinajstić information content (AvgIpc) is 2.69. The van der Waals surface area contributed by atoms with Gasteiger partial charge in [-0.05, 0) is 31.5 Å². The lowest BCUT2D eigenvalue weighted by molar-refractivity contribution is -0.115. The van der Waals surface area contributed by atoms with Gasteiger partial charge in [0.2, 0.25) is 11.8 Å². The second kappa shape index (κ2) is 5.61. The Bertz CT molecular complexity index is 612. The molecule has 0 bridgehead atoms. The lowest BCUT2D eigenvalue weighted by Crippen LogP contribution is -2.38. The summed E-state index contributed by atoms with van der Waals surface area (Å²) < 4.78 is 5.44. The molecular weight excluding hydrogens is 256 g/mol. The monoisotopic (exact) mass is 272 g/mol. The number of para-hydroxylation sites is 1. The van der Waals surface area contributed by atoms with E-state index < -0.39 is 11.9 Å². The van der Waals surface area contributed by atoms with Crippen LogP contribution >= 0.6 is 0 Å². The minimum Gasteiger partial charge on any atom is -0.445 e. The van der Waals surface area contributed by atoms with Crippen LogP contribution in [0.4, 0.5) is 16.4 Å². The van der Waals surface area contributed by atoms with Crippen molar-refractivity contribution in [3.8, 4) is 0 Å². The summed E-state index contributed by atoms with van der Waals surface area (Å²) in [4.78, 5) is 24.9. The van der Waals surface area contributed by atoms with Crippen molar-refractivity contribution in [2.24, 2.45) is 0 Å². The molecule has 0 saturated heterocycles. The Balaban J connectivity index is 2.25. The van der Waals surface area contributed by atoms with Crippen molar-refractivity contribution in [3.05, 3.63) is 47.7 Å². The number of hydrogen-bond acceptors (Lipinski definition) is 3. The molecule has 0 atom stereocenters. The van der Waals surface area contributed by atoms with Crippen LogP contribution in [0, 0.1) is 13.8 Å². The van der Waals surface area contributed by atoms with E-state index in [-0.39, 0.29) is 5.88 Å². The molecule has 0 aliphatic heterocycles. The van der Waals surface area contributed by atoms with Crippen molar-refractivity contribution in [1.29, 1.82) is 0 Å². The summed E-state index contributed by atoms with van der Waals surface area (Å²) in [6.07, 6.45) is 0. The maximum absolute atomic E-state index is 12.2. The molecule has 0 radical (unpaired) electrons. The number of rotatable bonds is 2. The third-order valence-corrected chi connectivity index (χ3v) is 2.92. The normalized spacial score (nSPS) is 10.2. The third kappa shape index (κ3) is 2.88. The first-order valence-electron chi connectivity index (χ1n) is 6.23. The molecular formula is C15H16N2O3. The standard InChI is InChI=1S/C15H16N2O3/c1-10-9-14(20-11(10)2)17(12(3)18)15(19)16-13-7-5-4-6-8-13/h4-9H,1-3H3,(H,16,19). The van der Waals surface area contributed by atoms with Gasteiger partial charge in [-0.3, -0.25) is 4.79 Å². The number of aryl methyl sites for hydroxylation is 2. The molecule has 3 amide bonds. The second-order valence-corrected chi connectivity index (χ2v) is 4.47. The van der Waals surface area contributed by atoms with E-state index >= 15 is 0 Å². The van der Waals surface area contributed by atoms with E-state index in [1.54, 1.807) is 37.3 Å². The van der Waals surface area contributed by atoms with Gasteiger partial charge >= 0.3 is 6.03 Å². The van der Waals surface area contributed by atoms with E-state index in [4.69, 9.17) is 4.42 Å². The molecule has 1 heterocycles. The topological polar surface area (TPSA) is 62.6 Å². The number of nitrogens with one attached hydrogen (secondary N) is 1. The van der Waals surface area contributed by atoms with Gasteiger partial charge in [0.15, 0.2) is 0 Å². The number of urea groups is 1. The molecule has 0 spiro atoms. The van der Waals surface area contributed by atoms with Crippen molar-refractivity contribution in [1.82, 2.24) is 0 Å². The first kappa shape index (κ1) is 13.9. The molecule has 0 fully saturated rings. The van der Waals surface area contributed by atoms with Crippen molar-refractivity contribution >= 4 is 23.5 Å². The van der Waals surface area contributed by atoms with Gasteiger partial charge in [-0.1, -0.05) is 18.2 Å². The smallest absolute Gasteiger partial charge is 0.335 e. The highest BCUT2D eigenvalue weighted by Crippen LogP contribution is 2.23. The number of nitrogens with zero attached hydrogens (tertiary/aromatic N) is 1. The summed E-state index contributed by atoms with van der Waals surface area (Å²) in [5, 5.41) is 2.66. The number of amides is 3. The molecule has 20 heavy (non-hydrogen) atoms. The SMILES string of the molecule is CC(=O)N(C(=O)Nc1ccccc1)c1cc(C)c(C)o1. The van der Waals surface area contributed by atoms with Crippen molar-refractivity contribution < 1.29 is 14.0 Å². The predicted octanol–water partition coefficient (Wildman–Crippen LogP) is 3.48. The van der Waals surface area contributed by atoms with Gasteiger partial charge in [0.25, 0.3) is 0 Å². The molecule has 5 heteroatoms. The lowest BCUT2D eigenvalue weighted by atomic mass is 10.3. The van der Waals surface area contributed by atoms with E-state index in [2.05, 4.69) is 5.32 Å². The molecule has 0 aliphatic rings. The van der Waals surface area contributed by atoms with Crippen LogP contribution in [0.5, 0.6) is 0 Å².